The molecule has 0 saturated heterocycles. The average Bonchev–Trinajstić information content (AvgIpc) is 3.03. The molecule has 0 bridgehead atoms. The quantitative estimate of drug-likeness (QED) is 0.777. The largest absolute Gasteiger partial charge is 0.495 e. The number of benzene rings is 1. The van der Waals surface area contributed by atoms with Gasteiger partial charge in [0, 0.05) is 25.9 Å². The molecule has 2 heterocycles. The fourth-order valence-electron chi connectivity index (χ4n) is 2.76. The predicted octanol–water partition coefficient (Wildman–Crippen LogP) is 2.97. The molecule has 0 fully saturated rings. The van der Waals surface area contributed by atoms with E-state index in [1.54, 1.807) is 38.2 Å². The highest BCUT2D eigenvalue weighted by molar-refractivity contribution is 5.95. The number of imidazole rings is 1. The number of nitrogens with zero attached hydrogens (tertiary/aromatic N) is 3. The van der Waals surface area contributed by atoms with Gasteiger partial charge in [0.2, 0.25) is 0 Å². The Balaban J connectivity index is 1.87. The average molecular weight is 338 g/mol. The number of methoxy groups -OCH3 is 1. The summed E-state index contributed by atoms with van der Waals surface area (Å²) in [6.45, 7) is 2.61. The predicted molar refractivity (Wildman–Crippen MR) is 98.3 cm³/mol. The summed E-state index contributed by atoms with van der Waals surface area (Å²) in [4.78, 5) is 18.2. The monoisotopic (exact) mass is 338 g/mol. The number of hydrogen-bond donors (Lipinski definition) is 1. The van der Waals surface area contributed by atoms with E-state index in [-0.39, 0.29) is 5.91 Å². The van der Waals surface area contributed by atoms with Crippen molar-refractivity contribution in [3.63, 3.8) is 0 Å². The number of anilines is 1. The number of nitrogens with one attached hydrogen (secondary N) is 1. The molecular formula is C19H22N4O2. The van der Waals surface area contributed by atoms with Gasteiger partial charge in [0.1, 0.15) is 11.4 Å². The van der Waals surface area contributed by atoms with Crippen LogP contribution in [0, 0.1) is 6.92 Å². The van der Waals surface area contributed by atoms with Gasteiger partial charge >= 0.3 is 0 Å². The summed E-state index contributed by atoms with van der Waals surface area (Å²) < 4.78 is 7.47. The van der Waals surface area contributed by atoms with Crippen molar-refractivity contribution in [2.75, 3.05) is 26.5 Å². The second-order valence-electron chi connectivity index (χ2n) is 6.10. The van der Waals surface area contributed by atoms with E-state index >= 15 is 0 Å². The minimum atomic E-state index is -0.0452. The van der Waals surface area contributed by atoms with Crippen LogP contribution >= 0.6 is 0 Å². The lowest BCUT2D eigenvalue weighted by atomic mass is 10.1. The Labute approximate surface area is 147 Å². The van der Waals surface area contributed by atoms with Crippen LogP contribution in [0.15, 0.2) is 42.7 Å². The summed E-state index contributed by atoms with van der Waals surface area (Å²) in [6.07, 6.45) is 3.85. The van der Waals surface area contributed by atoms with E-state index in [2.05, 4.69) is 14.7 Å². The Morgan fingerprint density at radius 3 is 2.84 bits per heavy atom. The normalized spacial score (nSPS) is 10.7. The van der Waals surface area contributed by atoms with Crippen molar-refractivity contribution in [3.05, 3.63) is 59.5 Å². The third-order valence-electron chi connectivity index (χ3n) is 4.12. The molecule has 6 heteroatoms. The second kappa shape index (κ2) is 6.84. The molecule has 0 radical (unpaired) electrons. The number of fused-ring (bicyclic) bond motifs is 1. The van der Waals surface area contributed by atoms with E-state index in [4.69, 9.17) is 4.74 Å². The van der Waals surface area contributed by atoms with Crippen LogP contribution in [-0.2, 0) is 6.54 Å². The van der Waals surface area contributed by atoms with Gasteiger partial charge in [-0.05, 0) is 36.8 Å². The molecule has 0 spiro atoms. The maximum absolute atomic E-state index is 12.2. The maximum Gasteiger partial charge on any atom is 0.253 e. The highest BCUT2D eigenvalue weighted by Gasteiger charge is 2.12. The van der Waals surface area contributed by atoms with E-state index in [0.717, 1.165) is 22.6 Å². The fourth-order valence-corrected chi connectivity index (χ4v) is 2.76. The van der Waals surface area contributed by atoms with Gasteiger partial charge in [0.15, 0.2) is 0 Å². The van der Waals surface area contributed by atoms with Gasteiger partial charge in [-0.15, -0.1) is 0 Å². The lowest BCUT2D eigenvalue weighted by molar-refractivity contribution is 0.0827. The molecule has 0 unspecified atom stereocenters. The molecule has 6 nitrogen and oxygen atoms in total. The molecule has 25 heavy (non-hydrogen) atoms. The van der Waals surface area contributed by atoms with E-state index in [1.807, 2.05) is 37.5 Å². The number of carbonyl (C=O) groups excluding carboxylic acids is 1. The molecule has 0 aliphatic heterocycles. The van der Waals surface area contributed by atoms with Crippen LogP contribution in [0.3, 0.4) is 0 Å². The van der Waals surface area contributed by atoms with Crippen LogP contribution in [0.25, 0.3) is 5.65 Å². The molecule has 1 aromatic carbocycles. The standard InChI is InChI=1S/C19H22N4O2/c1-13-6-5-9-23-15(12-21-18(13)23)11-20-16-10-14(19(24)22(2)3)7-8-17(16)25-4/h5-10,12,20H,11H2,1-4H3. The van der Waals surface area contributed by atoms with Crippen molar-refractivity contribution < 1.29 is 9.53 Å². The molecule has 2 aromatic heterocycles. The van der Waals surface area contributed by atoms with Gasteiger partial charge in [-0.25, -0.2) is 4.98 Å². The Morgan fingerprint density at radius 2 is 2.12 bits per heavy atom. The second-order valence-corrected chi connectivity index (χ2v) is 6.10. The van der Waals surface area contributed by atoms with Crippen molar-refractivity contribution in [1.82, 2.24) is 14.3 Å². The zero-order chi connectivity index (χ0) is 18.0. The summed E-state index contributed by atoms with van der Waals surface area (Å²) in [5, 5.41) is 3.36. The number of hydrogen-bond acceptors (Lipinski definition) is 4. The first kappa shape index (κ1) is 16.8. The highest BCUT2D eigenvalue weighted by Crippen LogP contribution is 2.26. The first-order chi connectivity index (χ1) is 12.0. The molecule has 0 saturated carbocycles. The van der Waals surface area contributed by atoms with Gasteiger partial charge in [0.25, 0.3) is 5.91 Å². The van der Waals surface area contributed by atoms with Crippen LogP contribution in [-0.4, -0.2) is 41.4 Å². The van der Waals surface area contributed by atoms with Crippen LogP contribution < -0.4 is 10.1 Å². The molecule has 3 rings (SSSR count). The Hall–Kier alpha value is -3.02. The molecule has 0 aliphatic carbocycles. The summed E-state index contributed by atoms with van der Waals surface area (Å²) in [5.74, 6) is 0.649. The molecular weight excluding hydrogens is 316 g/mol. The van der Waals surface area contributed by atoms with Crippen LogP contribution in [0.4, 0.5) is 5.69 Å². The number of aromatic nitrogens is 2. The third kappa shape index (κ3) is 3.28. The highest BCUT2D eigenvalue weighted by atomic mass is 16.5. The van der Waals surface area contributed by atoms with Crippen molar-refractivity contribution >= 4 is 17.2 Å². The molecule has 1 amide bonds. The van der Waals surface area contributed by atoms with Gasteiger partial charge in [0.05, 0.1) is 31.2 Å². The smallest absolute Gasteiger partial charge is 0.253 e. The first-order valence-electron chi connectivity index (χ1n) is 8.06. The number of amides is 1. The Morgan fingerprint density at radius 1 is 1.32 bits per heavy atom. The van der Waals surface area contributed by atoms with Gasteiger partial charge in [-0.1, -0.05) is 6.07 Å². The van der Waals surface area contributed by atoms with E-state index in [9.17, 15) is 4.79 Å². The minimum Gasteiger partial charge on any atom is -0.495 e. The number of pyridine rings is 1. The zero-order valence-electron chi connectivity index (χ0n) is 14.9. The maximum atomic E-state index is 12.2. The SMILES string of the molecule is COc1ccc(C(=O)N(C)C)cc1NCc1cnc2c(C)cccn12. The fraction of sp³-hybridized carbons (Fsp3) is 0.263. The van der Waals surface area contributed by atoms with E-state index in [0.29, 0.717) is 17.9 Å². The lowest BCUT2D eigenvalue weighted by Gasteiger charge is -2.15. The first-order valence-corrected chi connectivity index (χ1v) is 8.06. The van der Waals surface area contributed by atoms with Crippen molar-refractivity contribution in [3.8, 4) is 5.75 Å². The van der Waals surface area contributed by atoms with Gasteiger partial charge in [-0.2, -0.15) is 0 Å². The zero-order valence-corrected chi connectivity index (χ0v) is 14.9. The summed E-state index contributed by atoms with van der Waals surface area (Å²) in [6, 6.07) is 9.43. The Kier molecular flexibility index (Phi) is 4.61. The summed E-state index contributed by atoms with van der Waals surface area (Å²) in [5.41, 5.74) is 4.50. The van der Waals surface area contributed by atoms with Crippen LogP contribution in [0.1, 0.15) is 21.6 Å². The summed E-state index contributed by atoms with van der Waals surface area (Å²) in [7, 11) is 5.09. The number of ether oxygens (including phenoxy) is 1. The number of carbonyl (C=O) groups is 1. The van der Waals surface area contributed by atoms with Crippen molar-refractivity contribution in [2.24, 2.45) is 0 Å². The third-order valence-corrected chi connectivity index (χ3v) is 4.12. The molecule has 0 atom stereocenters. The van der Waals surface area contributed by atoms with Crippen LogP contribution in [0.2, 0.25) is 0 Å². The van der Waals surface area contributed by atoms with Gasteiger partial charge < -0.3 is 19.4 Å². The molecule has 1 N–H and O–H groups in total. The lowest BCUT2D eigenvalue weighted by Crippen LogP contribution is -2.21. The van der Waals surface area contributed by atoms with Crippen LogP contribution in [0.5, 0.6) is 5.75 Å². The van der Waals surface area contributed by atoms with Gasteiger partial charge in [-0.3, -0.25) is 4.79 Å². The van der Waals surface area contributed by atoms with E-state index in [1.165, 1.54) is 0 Å². The Bertz CT molecular complexity index is 915. The summed E-state index contributed by atoms with van der Waals surface area (Å²) >= 11 is 0. The minimum absolute atomic E-state index is 0.0452. The number of rotatable bonds is 5. The number of aryl methyl sites for hydroxylation is 1. The topological polar surface area (TPSA) is 58.9 Å². The molecule has 130 valence electrons. The van der Waals surface area contributed by atoms with Crippen molar-refractivity contribution in [1.29, 1.82) is 0 Å². The molecule has 3 aromatic rings. The molecule has 0 aliphatic rings. The van der Waals surface area contributed by atoms with E-state index < -0.39 is 0 Å². The van der Waals surface area contributed by atoms with Crippen molar-refractivity contribution in [2.45, 2.75) is 13.5 Å².